The Morgan fingerprint density at radius 2 is 1.52 bits per heavy atom. The van der Waals surface area contributed by atoms with Crippen molar-refractivity contribution in [3.05, 3.63) is 83.6 Å². The topological polar surface area (TPSA) is 105 Å². The lowest BCUT2D eigenvalue weighted by molar-refractivity contribution is 0.484. The smallest absolute Gasteiger partial charge is 0.295 e. The van der Waals surface area contributed by atoms with Crippen molar-refractivity contribution >= 4 is 54.0 Å². The first-order valence-electron chi connectivity index (χ1n) is 8.73. The zero-order chi connectivity index (χ0) is 22.2. The highest BCUT2D eigenvalue weighted by Gasteiger charge is 2.23. The Kier molecular flexibility index (Phi) is 5.38. The van der Waals surface area contributed by atoms with E-state index in [4.69, 9.17) is 16.0 Å². The molecule has 0 aliphatic carbocycles. The predicted molar refractivity (Wildman–Crippen MR) is 116 cm³/mol. The molecule has 0 saturated heterocycles. The van der Waals surface area contributed by atoms with Crippen LogP contribution in [0.3, 0.4) is 0 Å². The van der Waals surface area contributed by atoms with E-state index in [1.54, 1.807) is 24.3 Å². The minimum absolute atomic E-state index is 0.103. The van der Waals surface area contributed by atoms with E-state index in [1.807, 2.05) is 0 Å². The first-order valence-corrected chi connectivity index (χ1v) is 12.1. The number of anilines is 2. The second-order valence-corrected chi connectivity index (χ2v) is 10.2. The summed E-state index contributed by atoms with van der Waals surface area (Å²) in [5.74, 6) is -0.732. The number of halogens is 2. The van der Waals surface area contributed by atoms with E-state index in [9.17, 15) is 21.2 Å². The Balaban J connectivity index is 1.70. The fourth-order valence-electron chi connectivity index (χ4n) is 2.81. The number of para-hydroxylation sites is 1. The first kappa shape index (κ1) is 21.2. The lowest BCUT2D eigenvalue weighted by atomic mass is 10.3. The van der Waals surface area contributed by atoms with E-state index in [-0.39, 0.29) is 26.4 Å². The molecule has 0 unspecified atom stereocenters. The summed E-state index contributed by atoms with van der Waals surface area (Å²) in [5, 5.41) is 0.393. The molecule has 3 aromatic carbocycles. The maximum absolute atomic E-state index is 13.5. The van der Waals surface area contributed by atoms with Crippen LogP contribution in [0.25, 0.3) is 11.0 Å². The molecular weight excluding hydrogens is 467 g/mol. The minimum atomic E-state index is -4.21. The van der Waals surface area contributed by atoms with Crippen LogP contribution in [0.1, 0.15) is 0 Å². The molecule has 11 heteroatoms. The molecular formula is C20H14ClFN2O5S2. The third-order valence-electron chi connectivity index (χ3n) is 4.24. The monoisotopic (exact) mass is 480 g/mol. The predicted octanol–water partition coefficient (Wildman–Crippen LogP) is 4.83. The SMILES string of the molecule is O=S(=O)(Nc1ccc(Cl)cc1NS(=O)(=O)c1cc2ccccc2o1)c1cccc(F)c1. The van der Waals surface area contributed by atoms with Crippen LogP contribution in [0.2, 0.25) is 5.02 Å². The summed E-state index contributed by atoms with van der Waals surface area (Å²) < 4.78 is 74.3. The van der Waals surface area contributed by atoms with Gasteiger partial charge in [-0.2, -0.15) is 8.42 Å². The summed E-state index contributed by atoms with van der Waals surface area (Å²) in [5.41, 5.74) is 0.141. The van der Waals surface area contributed by atoms with Gasteiger partial charge in [-0.1, -0.05) is 35.9 Å². The molecule has 0 bridgehead atoms. The zero-order valence-electron chi connectivity index (χ0n) is 15.5. The van der Waals surface area contributed by atoms with Crippen LogP contribution < -0.4 is 9.44 Å². The number of hydrogen-bond donors (Lipinski definition) is 2. The Hall–Kier alpha value is -3.08. The summed E-state index contributed by atoms with van der Waals surface area (Å²) in [6.45, 7) is 0. The molecule has 160 valence electrons. The molecule has 1 heterocycles. The molecule has 0 aliphatic rings. The number of nitrogens with one attached hydrogen (secondary N) is 2. The Labute approximate surface area is 182 Å². The molecule has 0 radical (unpaired) electrons. The second kappa shape index (κ2) is 7.88. The van der Waals surface area contributed by atoms with E-state index < -0.39 is 25.9 Å². The molecule has 0 fully saturated rings. The Bertz CT molecular complexity index is 1470. The summed E-state index contributed by atoms with van der Waals surface area (Å²) in [6.07, 6.45) is 0. The Morgan fingerprint density at radius 3 is 2.26 bits per heavy atom. The lowest BCUT2D eigenvalue weighted by Crippen LogP contribution is -2.17. The van der Waals surface area contributed by atoms with Crippen LogP contribution in [-0.4, -0.2) is 16.8 Å². The molecule has 7 nitrogen and oxygen atoms in total. The van der Waals surface area contributed by atoms with Gasteiger partial charge in [-0.3, -0.25) is 9.44 Å². The average molecular weight is 481 g/mol. The molecule has 0 aliphatic heterocycles. The van der Waals surface area contributed by atoms with Crippen molar-refractivity contribution in [2.45, 2.75) is 9.99 Å². The third kappa shape index (κ3) is 4.50. The van der Waals surface area contributed by atoms with Crippen LogP contribution >= 0.6 is 11.6 Å². The van der Waals surface area contributed by atoms with Gasteiger partial charge in [-0.15, -0.1) is 0 Å². The van der Waals surface area contributed by atoms with Crippen LogP contribution in [0, 0.1) is 5.82 Å². The summed E-state index contributed by atoms with van der Waals surface area (Å²) in [7, 11) is -8.41. The molecule has 4 rings (SSSR count). The van der Waals surface area contributed by atoms with Gasteiger partial charge in [0.15, 0.2) is 0 Å². The van der Waals surface area contributed by atoms with Crippen LogP contribution in [0.5, 0.6) is 0 Å². The van der Waals surface area contributed by atoms with E-state index >= 15 is 0 Å². The fourth-order valence-corrected chi connectivity index (χ4v) is 5.14. The second-order valence-electron chi connectivity index (χ2n) is 6.46. The molecule has 2 N–H and O–H groups in total. The highest BCUT2D eigenvalue weighted by molar-refractivity contribution is 7.93. The maximum Gasteiger partial charge on any atom is 0.295 e. The fraction of sp³-hybridized carbons (Fsp3) is 0. The van der Waals surface area contributed by atoms with Gasteiger partial charge in [0.1, 0.15) is 11.4 Å². The van der Waals surface area contributed by atoms with Crippen molar-refractivity contribution in [2.75, 3.05) is 9.44 Å². The number of rotatable bonds is 6. The number of benzene rings is 3. The van der Waals surface area contributed by atoms with E-state index in [0.717, 1.165) is 12.1 Å². The number of fused-ring (bicyclic) bond motifs is 1. The van der Waals surface area contributed by atoms with Gasteiger partial charge in [0, 0.05) is 16.5 Å². The summed E-state index contributed by atoms with van der Waals surface area (Å²) in [4.78, 5) is -0.325. The van der Waals surface area contributed by atoms with Crippen molar-refractivity contribution in [1.29, 1.82) is 0 Å². The molecule has 0 amide bonds. The van der Waals surface area contributed by atoms with E-state index in [1.165, 1.54) is 36.4 Å². The van der Waals surface area contributed by atoms with Gasteiger partial charge in [0.05, 0.1) is 16.3 Å². The van der Waals surface area contributed by atoms with Gasteiger partial charge >= 0.3 is 0 Å². The highest BCUT2D eigenvalue weighted by atomic mass is 35.5. The van der Waals surface area contributed by atoms with Gasteiger partial charge in [0.2, 0.25) is 5.09 Å². The van der Waals surface area contributed by atoms with Crippen LogP contribution in [0.15, 0.2) is 87.2 Å². The quantitative estimate of drug-likeness (QED) is 0.411. The van der Waals surface area contributed by atoms with Crippen molar-refractivity contribution < 1.29 is 25.6 Å². The third-order valence-corrected chi connectivity index (χ3v) is 7.06. The molecule has 0 saturated carbocycles. The zero-order valence-corrected chi connectivity index (χ0v) is 17.9. The molecule has 0 spiro atoms. The minimum Gasteiger partial charge on any atom is -0.443 e. The van der Waals surface area contributed by atoms with Gasteiger partial charge in [-0.05, 0) is 42.5 Å². The van der Waals surface area contributed by atoms with Crippen molar-refractivity contribution in [3.63, 3.8) is 0 Å². The van der Waals surface area contributed by atoms with Crippen LogP contribution in [0.4, 0.5) is 15.8 Å². The van der Waals surface area contributed by atoms with E-state index in [0.29, 0.717) is 11.0 Å². The molecule has 0 atom stereocenters. The highest BCUT2D eigenvalue weighted by Crippen LogP contribution is 2.31. The largest absolute Gasteiger partial charge is 0.443 e. The first-order chi connectivity index (χ1) is 14.6. The number of hydrogen-bond acceptors (Lipinski definition) is 5. The van der Waals surface area contributed by atoms with Crippen molar-refractivity contribution in [1.82, 2.24) is 0 Å². The lowest BCUT2D eigenvalue weighted by Gasteiger charge is -2.14. The maximum atomic E-state index is 13.5. The number of sulfonamides is 2. The van der Waals surface area contributed by atoms with E-state index in [2.05, 4.69) is 9.44 Å². The normalized spacial score (nSPS) is 12.1. The van der Waals surface area contributed by atoms with Gasteiger partial charge in [-0.25, -0.2) is 12.8 Å². The van der Waals surface area contributed by atoms with Crippen molar-refractivity contribution in [3.8, 4) is 0 Å². The molecule has 4 aromatic rings. The van der Waals surface area contributed by atoms with Gasteiger partial charge in [0.25, 0.3) is 20.0 Å². The van der Waals surface area contributed by atoms with Gasteiger partial charge < -0.3 is 4.42 Å². The standard InChI is InChI=1S/C20H14ClFN2O5S2/c21-14-8-9-17(23-30(25,26)16-6-3-5-15(22)12-16)18(11-14)24-31(27,28)20-10-13-4-1-2-7-19(13)29-20/h1-12,23-24H. The molecule has 31 heavy (non-hydrogen) atoms. The summed E-state index contributed by atoms with van der Waals surface area (Å²) >= 11 is 5.98. The molecule has 1 aromatic heterocycles. The Morgan fingerprint density at radius 1 is 0.774 bits per heavy atom. The van der Waals surface area contributed by atoms with Crippen molar-refractivity contribution in [2.24, 2.45) is 0 Å². The number of furan rings is 1. The van der Waals surface area contributed by atoms with Crippen LogP contribution in [-0.2, 0) is 20.0 Å². The average Bonchev–Trinajstić information content (AvgIpc) is 3.15. The summed E-state index contributed by atoms with van der Waals surface area (Å²) in [6, 6.07) is 16.4.